The highest BCUT2D eigenvalue weighted by molar-refractivity contribution is 7.98. The first-order chi connectivity index (χ1) is 9.11. The van der Waals surface area contributed by atoms with Gasteiger partial charge in [0.05, 0.1) is 5.52 Å². The third kappa shape index (κ3) is 3.17. The molecule has 0 aliphatic heterocycles. The van der Waals surface area contributed by atoms with E-state index in [1.807, 2.05) is 37.4 Å². The van der Waals surface area contributed by atoms with Crippen molar-refractivity contribution in [2.75, 3.05) is 17.7 Å². The molecule has 0 spiro atoms. The molecule has 19 heavy (non-hydrogen) atoms. The number of nitrogen functional groups attached to an aromatic ring is 1. The summed E-state index contributed by atoms with van der Waals surface area (Å²) in [6.07, 6.45) is 2.01. The maximum absolute atomic E-state index is 12.1. The summed E-state index contributed by atoms with van der Waals surface area (Å²) in [5.41, 5.74) is 7.64. The number of nitrogens with two attached hydrogens (primary N) is 1. The lowest BCUT2D eigenvalue weighted by Crippen LogP contribution is -2.34. The summed E-state index contributed by atoms with van der Waals surface area (Å²) in [6.45, 7) is 1.97. The van der Waals surface area contributed by atoms with Crippen LogP contribution in [0.2, 0.25) is 0 Å². The lowest BCUT2D eigenvalue weighted by atomic mass is 10.1. The highest BCUT2D eigenvalue weighted by Gasteiger charge is 2.12. The molecule has 0 fully saturated rings. The van der Waals surface area contributed by atoms with Gasteiger partial charge in [-0.05, 0) is 25.3 Å². The second-order valence-corrected chi connectivity index (χ2v) is 5.35. The fourth-order valence-corrected chi connectivity index (χ4v) is 2.49. The van der Waals surface area contributed by atoms with E-state index < -0.39 is 0 Å². The van der Waals surface area contributed by atoms with Crippen LogP contribution in [0.4, 0.5) is 5.69 Å². The van der Waals surface area contributed by atoms with Gasteiger partial charge in [0.25, 0.3) is 5.91 Å². The van der Waals surface area contributed by atoms with Gasteiger partial charge in [-0.25, -0.2) is 4.98 Å². The number of nitrogens with zero attached hydrogens (tertiary/aromatic N) is 1. The molecule has 0 aliphatic carbocycles. The second-order valence-electron chi connectivity index (χ2n) is 4.44. The predicted octanol–water partition coefficient (Wildman–Crippen LogP) is 2.30. The number of carbonyl (C=O) groups is 1. The molecular weight excluding hydrogens is 258 g/mol. The number of amides is 1. The molecule has 0 saturated heterocycles. The molecule has 1 aromatic carbocycles. The van der Waals surface area contributed by atoms with Crippen LogP contribution in [0.5, 0.6) is 0 Å². The number of hydrogen-bond donors (Lipinski definition) is 2. The maximum atomic E-state index is 12.1. The molecule has 1 unspecified atom stereocenters. The Morgan fingerprint density at radius 3 is 2.95 bits per heavy atom. The van der Waals surface area contributed by atoms with Crippen LogP contribution in [0, 0.1) is 0 Å². The van der Waals surface area contributed by atoms with Gasteiger partial charge in [0, 0.05) is 22.9 Å². The number of thioether (sulfide) groups is 1. The van der Waals surface area contributed by atoms with Gasteiger partial charge in [-0.1, -0.05) is 18.2 Å². The molecule has 2 rings (SSSR count). The Labute approximate surface area is 116 Å². The first-order valence-corrected chi connectivity index (χ1v) is 7.46. The van der Waals surface area contributed by atoms with Gasteiger partial charge in [-0.15, -0.1) is 0 Å². The molecule has 0 aliphatic rings. The first-order valence-electron chi connectivity index (χ1n) is 6.07. The quantitative estimate of drug-likeness (QED) is 0.898. The standard InChI is InChI=1S/C14H17N3OS/c1-9(8-19-2)16-14(18)13-7-11(15)10-5-3-4-6-12(10)17-13/h3-7,9H,8H2,1-2H3,(H2,15,17)(H,16,18). The Bertz CT molecular complexity index is 600. The zero-order valence-corrected chi connectivity index (χ0v) is 11.8. The van der Waals surface area contributed by atoms with Crippen molar-refractivity contribution in [1.29, 1.82) is 0 Å². The van der Waals surface area contributed by atoms with E-state index in [1.165, 1.54) is 0 Å². The van der Waals surface area contributed by atoms with Crippen molar-refractivity contribution in [1.82, 2.24) is 10.3 Å². The number of hydrogen-bond acceptors (Lipinski definition) is 4. The SMILES string of the molecule is CSCC(C)NC(=O)c1cc(N)c2ccccc2n1. The van der Waals surface area contributed by atoms with Gasteiger partial charge in [0.1, 0.15) is 5.69 Å². The van der Waals surface area contributed by atoms with Crippen LogP contribution in [-0.4, -0.2) is 28.9 Å². The van der Waals surface area contributed by atoms with Gasteiger partial charge >= 0.3 is 0 Å². The largest absolute Gasteiger partial charge is 0.398 e. The van der Waals surface area contributed by atoms with Crippen molar-refractivity contribution in [3.8, 4) is 0 Å². The topological polar surface area (TPSA) is 68.0 Å². The number of anilines is 1. The van der Waals surface area contributed by atoms with Crippen LogP contribution in [-0.2, 0) is 0 Å². The minimum absolute atomic E-state index is 0.108. The minimum atomic E-state index is -0.181. The van der Waals surface area contributed by atoms with Crippen LogP contribution in [0.1, 0.15) is 17.4 Å². The summed E-state index contributed by atoms with van der Waals surface area (Å²) in [5.74, 6) is 0.688. The van der Waals surface area contributed by atoms with Gasteiger partial charge in [-0.2, -0.15) is 11.8 Å². The summed E-state index contributed by atoms with van der Waals surface area (Å²) < 4.78 is 0. The predicted molar refractivity (Wildman–Crippen MR) is 81.5 cm³/mol. The molecule has 100 valence electrons. The first kappa shape index (κ1) is 13.7. The van der Waals surface area contributed by atoms with Crippen molar-refractivity contribution in [3.63, 3.8) is 0 Å². The number of para-hydroxylation sites is 1. The highest BCUT2D eigenvalue weighted by atomic mass is 32.2. The van der Waals surface area contributed by atoms with Crippen LogP contribution < -0.4 is 11.1 Å². The summed E-state index contributed by atoms with van der Waals surface area (Å²) >= 11 is 1.69. The van der Waals surface area contributed by atoms with Crippen LogP contribution in [0.15, 0.2) is 30.3 Å². The molecule has 5 heteroatoms. The van der Waals surface area contributed by atoms with E-state index in [2.05, 4.69) is 10.3 Å². The van der Waals surface area contributed by atoms with Crippen molar-refractivity contribution < 1.29 is 4.79 Å². The molecule has 1 aromatic heterocycles. The third-order valence-corrected chi connectivity index (χ3v) is 3.61. The number of benzene rings is 1. The summed E-state index contributed by atoms with van der Waals surface area (Å²) in [5, 5.41) is 3.78. The lowest BCUT2D eigenvalue weighted by Gasteiger charge is -2.12. The molecular formula is C14H17N3OS. The maximum Gasteiger partial charge on any atom is 0.270 e. The number of carbonyl (C=O) groups excluding carboxylic acids is 1. The van der Waals surface area contributed by atoms with Crippen LogP contribution >= 0.6 is 11.8 Å². The Balaban J connectivity index is 2.28. The van der Waals surface area contributed by atoms with Crippen LogP contribution in [0.25, 0.3) is 10.9 Å². The smallest absolute Gasteiger partial charge is 0.270 e. The Morgan fingerprint density at radius 1 is 1.47 bits per heavy atom. The number of nitrogens with one attached hydrogen (secondary N) is 1. The van der Waals surface area contributed by atoms with Crippen molar-refractivity contribution in [2.24, 2.45) is 0 Å². The summed E-state index contributed by atoms with van der Waals surface area (Å²) in [7, 11) is 0. The summed E-state index contributed by atoms with van der Waals surface area (Å²) in [6, 6.07) is 9.28. The number of pyridine rings is 1. The van der Waals surface area contributed by atoms with Gasteiger partial charge in [-0.3, -0.25) is 4.79 Å². The van der Waals surface area contributed by atoms with Crippen LogP contribution in [0.3, 0.4) is 0 Å². The second kappa shape index (κ2) is 5.93. The Morgan fingerprint density at radius 2 is 2.21 bits per heavy atom. The molecule has 0 bridgehead atoms. The fourth-order valence-electron chi connectivity index (χ4n) is 1.91. The molecule has 4 nitrogen and oxygen atoms in total. The molecule has 1 atom stereocenters. The van der Waals surface area contributed by atoms with Gasteiger partial charge in [0.15, 0.2) is 0 Å². The van der Waals surface area contributed by atoms with Crippen molar-refractivity contribution >= 4 is 34.3 Å². The van der Waals surface area contributed by atoms with E-state index in [-0.39, 0.29) is 11.9 Å². The number of fused-ring (bicyclic) bond motifs is 1. The van der Waals surface area contributed by atoms with Crippen molar-refractivity contribution in [2.45, 2.75) is 13.0 Å². The zero-order valence-electron chi connectivity index (χ0n) is 11.0. The molecule has 3 N–H and O–H groups in total. The zero-order chi connectivity index (χ0) is 13.8. The normalized spacial score (nSPS) is 12.3. The van der Waals surface area contributed by atoms with E-state index in [0.717, 1.165) is 16.7 Å². The molecule has 1 heterocycles. The van der Waals surface area contributed by atoms with E-state index in [1.54, 1.807) is 17.8 Å². The van der Waals surface area contributed by atoms with E-state index >= 15 is 0 Å². The van der Waals surface area contributed by atoms with E-state index in [9.17, 15) is 4.79 Å². The minimum Gasteiger partial charge on any atom is -0.398 e. The average molecular weight is 275 g/mol. The summed E-state index contributed by atoms with van der Waals surface area (Å²) in [4.78, 5) is 16.4. The average Bonchev–Trinajstić information content (AvgIpc) is 2.39. The highest BCUT2D eigenvalue weighted by Crippen LogP contribution is 2.20. The number of aromatic nitrogens is 1. The Kier molecular flexibility index (Phi) is 4.27. The van der Waals surface area contributed by atoms with E-state index in [0.29, 0.717) is 11.4 Å². The molecule has 0 saturated carbocycles. The van der Waals surface area contributed by atoms with Gasteiger partial charge < -0.3 is 11.1 Å². The van der Waals surface area contributed by atoms with Crippen molar-refractivity contribution in [3.05, 3.63) is 36.0 Å². The fraction of sp³-hybridized carbons (Fsp3) is 0.286. The molecule has 1 amide bonds. The Hall–Kier alpha value is -1.75. The monoisotopic (exact) mass is 275 g/mol. The molecule has 0 radical (unpaired) electrons. The number of rotatable bonds is 4. The van der Waals surface area contributed by atoms with Gasteiger partial charge in [0.2, 0.25) is 0 Å². The van der Waals surface area contributed by atoms with E-state index in [4.69, 9.17) is 5.73 Å². The lowest BCUT2D eigenvalue weighted by molar-refractivity contribution is 0.0939. The molecule has 2 aromatic rings. The third-order valence-electron chi connectivity index (χ3n) is 2.77.